The third kappa shape index (κ3) is 0.712. The fraction of sp³-hybridized carbons (Fsp3) is 0.600. The van der Waals surface area contributed by atoms with Crippen molar-refractivity contribution >= 4 is 0 Å². The first-order valence-corrected chi connectivity index (χ1v) is 2.91. The Hall–Kier alpha value is -0.900. The van der Waals surface area contributed by atoms with Crippen molar-refractivity contribution in [2.75, 3.05) is 6.61 Å². The Morgan fingerprint density at radius 2 is 2.67 bits per heavy atom. The smallest absolute Gasteiger partial charge is 0.141 e. The first-order chi connectivity index (χ1) is 4.47. The van der Waals surface area contributed by atoms with Crippen molar-refractivity contribution in [1.82, 2.24) is 14.8 Å². The van der Waals surface area contributed by atoms with Gasteiger partial charge < -0.3 is 4.74 Å². The van der Waals surface area contributed by atoms with E-state index in [1.54, 1.807) is 11.0 Å². The molecule has 0 atom stereocenters. The lowest BCUT2D eigenvalue weighted by molar-refractivity contribution is 0.0466. The number of fused-ring (bicyclic) bond motifs is 1. The topological polar surface area (TPSA) is 39.9 Å². The molecular formula is C5H7N3O. The number of hydrogen-bond donors (Lipinski definition) is 0. The Morgan fingerprint density at radius 1 is 1.67 bits per heavy atom. The standard InChI is InChI=1S/C5H7N3O/c1-2-9-4-8-5(1)6-3-7-8/h3H,1-2,4H2. The highest BCUT2D eigenvalue weighted by Crippen LogP contribution is 2.01. The van der Waals surface area contributed by atoms with Gasteiger partial charge in [0.1, 0.15) is 18.9 Å². The molecule has 0 bridgehead atoms. The highest BCUT2D eigenvalue weighted by molar-refractivity contribution is 4.85. The van der Waals surface area contributed by atoms with E-state index in [-0.39, 0.29) is 0 Å². The lowest BCUT2D eigenvalue weighted by Gasteiger charge is -2.11. The molecule has 0 N–H and O–H groups in total. The zero-order valence-corrected chi connectivity index (χ0v) is 4.95. The molecule has 0 spiro atoms. The molecule has 0 unspecified atom stereocenters. The van der Waals surface area contributed by atoms with Crippen LogP contribution in [0.25, 0.3) is 0 Å². The maximum absolute atomic E-state index is 5.11. The summed E-state index contributed by atoms with van der Waals surface area (Å²) in [5.74, 6) is 1.03. The highest BCUT2D eigenvalue weighted by Gasteiger charge is 2.08. The lowest BCUT2D eigenvalue weighted by Crippen LogP contribution is -2.17. The molecule has 1 aromatic heterocycles. The van der Waals surface area contributed by atoms with Crippen LogP contribution >= 0.6 is 0 Å². The fourth-order valence-electron chi connectivity index (χ4n) is 0.904. The van der Waals surface area contributed by atoms with Gasteiger partial charge in [-0.25, -0.2) is 9.67 Å². The number of ether oxygens (including phenoxy) is 1. The Morgan fingerprint density at radius 3 is 3.56 bits per heavy atom. The molecule has 4 nitrogen and oxygen atoms in total. The van der Waals surface area contributed by atoms with Crippen LogP contribution in [0, 0.1) is 0 Å². The van der Waals surface area contributed by atoms with Crippen molar-refractivity contribution < 1.29 is 4.74 Å². The molecule has 48 valence electrons. The molecule has 1 aliphatic heterocycles. The van der Waals surface area contributed by atoms with Crippen LogP contribution in [0.3, 0.4) is 0 Å². The molecule has 0 saturated heterocycles. The molecule has 1 aromatic rings. The summed E-state index contributed by atoms with van der Waals surface area (Å²) < 4.78 is 6.88. The lowest BCUT2D eigenvalue weighted by atomic mass is 10.4. The molecule has 0 aromatic carbocycles. The summed E-state index contributed by atoms with van der Waals surface area (Å²) in [4.78, 5) is 4.03. The van der Waals surface area contributed by atoms with Crippen LogP contribution in [0.2, 0.25) is 0 Å². The molecule has 2 rings (SSSR count). The molecule has 0 amide bonds. The monoisotopic (exact) mass is 125 g/mol. The highest BCUT2D eigenvalue weighted by atomic mass is 16.5. The minimum Gasteiger partial charge on any atom is -0.359 e. The molecule has 0 radical (unpaired) electrons. The Balaban J connectivity index is 2.39. The van der Waals surface area contributed by atoms with Gasteiger partial charge in [-0.15, -0.1) is 0 Å². The summed E-state index contributed by atoms with van der Waals surface area (Å²) in [5, 5.41) is 3.94. The van der Waals surface area contributed by atoms with Crippen molar-refractivity contribution in [1.29, 1.82) is 0 Å². The molecule has 0 saturated carbocycles. The van der Waals surface area contributed by atoms with Gasteiger partial charge in [0, 0.05) is 6.42 Å². The van der Waals surface area contributed by atoms with Crippen LogP contribution in [0.4, 0.5) is 0 Å². The second kappa shape index (κ2) is 1.80. The average Bonchev–Trinajstić information content (AvgIpc) is 2.33. The maximum Gasteiger partial charge on any atom is 0.141 e. The number of hydrogen-bond acceptors (Lipinski definition) is 3. The normalized spacial score (nSPS) is 17.3. The maximum atomic E-state index is 5.11. The molecule has 0 fully saturated rings. The first-order valence-electron chi connectivity index (χ1n) is 2.91. The number of nitrogens with zero attached hydrogens (tertiary/aromatic N) is 3. The van der Waals surface area contributed by atoms with Crippen molar-refractivity contribution in [3.05, 3.63) is 12.2 Å². The van der Waals surface area contributed by atoms with E-state index in [9.17, 15) is 0 Å². The summed E-state index contributed by atoms with van der Waals surface area (Å²) in [6.45, 7) is 1.34. The van der Waals surface area contributed by atoms with Crippen LogP contribution < -0.4 is 0 Å². The second-order valence-electron chi connectivity index (χ2n) is 1.96. The van der Waals surface area contributed by atoms with Gasteiger partial charge in [0.15, 0.2) is 0 Å². The van der Waals surface area contributed by atoms with E-state index in [2.05, 4.69) is 10.1 Å². The quantitative estimate of drug-likeness (QED) is 0.482. The summed E-state index contributed by atoms with van der Waals surface area (Å²) in [5.41, 5.74) is 0. The van der Waals surface area contributed by atoms with E-state index in [0.29, 0.717) is 6.73 Å². The molecule has 9 heavy (non-hydrogen) atoms. The van der Waals surface area contributed by atoms with Crippen LogP contribution in [0.15, 0.2) is 6.33 Å². The average molecular weight is 125 g/mol. The molecule has 0 aliphatic carbocycles. The van der Waals surface area contributed by atoms with Crippen molar-refractivity contribution in [2.24, 2.45) is 0 Å². The predicted octanol–water partition coefficient (Wildman–Crippen LogP) is -0.192. The van der Waals surface area contributed by atoms with Gasteiger partial charge in [0.05, 0.1) is 6.61 Å². The van der Waals surface area contributed by atoms with Gasteiger partial charge in [0.2, 0.25) is 0 Å². The number of aromatic nitrogens is 3. The SMILES string of the molecule is c1nc2n(n1)COCC2. The summed E-state index contributed by atoms with van der Waals surface area (Å²) in [7, 11) is 0. The van der Waals surface area contributed by atoms with E-state index in [0.717, 1.165) is 18.9 Å². The predicted molar refractivity (Wildman–Crippen MR) is 29.7 cm³/mol. The third-order valence-corrected chi connectivity index (χ3v) is 1.38. The zero-order valence-electron chi connectivity index (χ0n) is 4.95. The van der Waals surface area contributed by atoms with Crippen LogP contribution in [-0.2, 0) is 17.9 Å². The van der Waals surface area contributed by atoms with Gasteiger partial charge in [0.25, 0.3) is 0 Å². The molecule has 1 aliphatic rings. The van der Waals surface area contributed by atoms with Gasteiger partial charge in [-0.3, -0.25) is 0 Å². The van der Waals surface area contributed by atoms with Crippen LogP contribution in [0.5, 0.6) is 0 Å². The van der Waals surface area contributed by atoms with Gasteiger partial charge in [-0.2, -0.15) is 5.10 Å². The Labute approximate surface area is 52.5 Å². The van der Waals surface area contributed by atoms with Crippen molar-refractivity contribution in [3.8, 4) is 0 Å². The van der Waals surface area contributed by atoms with Gasteiger partial charge in [-0.05, 0) is 0 Å². The largest absolute Gasteiger partial charge is 0.359 e. The van der Waals surface area contributed by atoms with Crippen molar-refractivity contribution in [3.63, 3.8) is 0 Å². The van der Waals surface area contributed by atoms with Crippen LogP contribution in [0.1, 0.15) is 5.82 Å². The molecule has 4 heteroatoms. The summed E-state index contributed by atoms with van der Waals surface area (Å²) >= 11 is 0. The second-order valence-corrected chi connectivity index (χ2v) is 1.96. The Kier molecular flexibility index (Phi) is 0.989. The first kappa shape index (κ1) is 4.93. The van der Waals surface area contributed by atoms with E-state index >= 15 is 0 Å². The fourth-order valence-corrected chi connectivity index (χ4v) is 0.904. The minimum atomic E-state index is 0.565. The minimum absolute atomic E-state index is 0.565. The molecule has 2 heterocycles. The van der Waals surface area contributed by atoms with Gasteiger partial charge >= 0.3 is 0 Å². The van der Waals surface area contributed by atoms with E-state index in [1.807, 2.05) is 0 Å². The summed E-state index contributed by atoms with van der Waals surface area (Å²) in [6.07, 6.45) is 2.45. The van der Waals surface area contributed by atoms with Gasteiger partial charge in [-0.1, -0.05) is 0 Å². The van der Waals surface area contributed by atoms with Crippen molar-refractivity contribution in [2.45, 2.75) is 13.2 Å². The zero-order chi connectivity index (χ0) is 6.10. The van der Waals surface area contributed by atoms with E-state index in [4.69, 9.17) is 4.74 Å². The van der Waals surface area contributed by atoms with Crippen LogP contribution in [-0.4, -0.2) is 21.4 Å². The van der Waals surface area contributed by atoms with E-state index < -0.39 is 0 Å². The Bertz CT molecular complexity index is 187. The molecular weight excluding hydrogens is 118 g/mol. The number of rotatable bonds is 0. The van der Waals surface area contributed by atoms with E-state index in [1.165, 1.54) is 0 Å². The summed E-state index contributed by atoms with van der Waals surface area (Å²) in [6, 6.07) is 0. The third-order valence-electron chi connectivity index (χ3n) is 1.38.